The third-order valence-corrected chi connectivity index (χ3v) is 5.09. The van der Waals surface area contributed by atoms with Gasteiger partial charge in [-0.1, -0.05) is 153 Å². The number of rotatable bonds is 3. The van der Waals surface area contributed by atoms with Gasteiger partial charge in [0, 0.05) is 0 Å². The summed E-state index contributed by atoms with van der Waals surface area (Å²) in [6.45, 7) is 16.4. The van der Waals surface area contributed by atoms with Gasteiger partial charge in [0.1, 0.15) is 0 Å². The first kappa shape index (κ1) is 26.8. The van der Waals surface area contributed by atoms with Gasteiger partial charge < -0.3 is 0 Å². The molecule has 0 aliphatic rings. The lowest BCUT2D eigenvalue weighted by Crippen LogP contribution is -1.75. The van der Waals surface area contributed by atoms with Crippen molar-refractivity contribution in [3.8, 4) is 0 Å². The molecule has 0 aromatic heterocycles. The molecule has 5 aromatic rings. The number of hydrogen-bond donors (Lipinski definition) is 0. The molecule has 5 aromatic carbocycles. The van der Waals surface area contributed by atoms with Gasteiger partial charge in [-0.25, -0.2) is 0 Å². The lowest BCUT2D eigenvalue weighted by atomic mass is 10.1. The summed E-state index contributed by atoms with van der Waals surface area (Å²) >= 11 is 0. The Morgan fingerprint density at radius 3 is 1.60 bits per heavy atom. The summed E-state index contributed by atoms with van der Waals surface area (Å²) in [5.41, 5.74) is 3.55. The second-order valence-corrected chi connectivity index (χ2v) is 7.61. The van der Waals surface area contributed by atoms with Crippen LogP contribution in [-0.4, -0.2) is 0 Å². The van der Waals surface area contributed by atoms with E-state index in [2.05, 4.69) is 111 Å². The van der Waals surface area contributed by atoms with E-state index in [-0.39, 0.29) is 0 Å². The topological polar surface area (TPSA) is 0 Å². The first-order valence-corrected chi connectivity index (χ1v) is 11.6. The van der Waals surface area contributed by atoms with Crippen molar-refractivity contribution < 1.29 is 0 Å². The normalized spacial score (nSPS) is 9.17. The van der Waals surface area contributed by atoms with Crippen molar-refractivity contribution in [3.63, 3.8) is 0 Å². The molecule has 0 saturated heterocycles. The summed E-state index contributed by atoms with van der Waals surface area (Å²) in [5, 5.41) is 5.10. The number of hydrogen-bond acceptors (Lipinski definition) is 0. The Kier molecular flexibility index (Phi) is 11.8. The van der Waals surface area contributed by atoms with Crippen molar-refractivity contribution in [2.45, 2.75) is 6.92 Å². The van der Waals surface area contributed by atoms with Crippen LogP contribution in [0.25, 0.3) is 39.8 Å². The van der Waals surface area contributed by atoms with Crippen LogP contribution in [0, 0.1) is 0 Å². The Hall–Kier alpha value is -4.42. The molecule has 0 heteroatoms. The molecule has 0 saturated carbocycles. The first-order chi connectivity index (χ1) is 17.2. The Labute approximate surface area is 210 Å². The molecule has 0 unspecified atom stereocenters. The maximum atomic E-state index is 3.78. The third kappa shape index (κ3) is 8.79. The number of allylic oxidation sites excluding steroid dienone is 1. The summed E-state index contributed by atoms with van der Waals surface area (Å²) < 4.78 is 0. The molecule has 0 spiro atoms. The van der Waals surface area contributed by atoms with Crippen LogP contribution < -0.4 is 0 Å². The standard InChI is InChI=1S/2C12H10.C8H8.C3H6/c1-2-10-7-5-8-11-6-3-4-9-12(10)11;1-2-10-7-8-11-5-3-4-6-12(11)9-10;1-2-8-6-4-3-5-7-8;1-3-2/h2*2-9H,1H2;2-7H,1H2;3H,1H2,2H3. The van der Waals surface area contributed by atoms with Gasteiger partial charge in [-0.2, -0.15) is 0 Å². The molecule has 0 aliphatic heterocycles. The maximum absolute atomic E-state index is 3.78. The fourth-order valence-corrected chi connectivity index (χ4v) is 3.35. The number of fused-ring (bicyclic) bond motifs is 2. The van der Waals surface area contributed by atoms with Crippen LogP contribution in [0.15, 0.2) is 148 Å². The Morgan fingerprint density at radius 1 is 0.457 bits per heavy atom. The molecule has 0 N–H and O–H groups in total. The van der Waals surface area contributed by atoms with E-state index in [1.54, 1.807) is 6.08 Å². The minimum Gasteiger partial charge on any atom is -0.103 e. The smallest absolute Gasteiger partial charge is 0.0112 e. The van der Waals surface area contributed by atoms with Crippen LogP contribution in [0.1, 0.15) is 23.6 Å². The fraction of sp³-hybridized carbons (Fsp3) is 0.0286. The molecule has 0 fully saturated rings. The van der Waals surface area contributed by atoms with Crippen molar-refractivity contribution in [1.29, 1.82) is 0 Å². The molecule has 0 aliphatic carbocycles. The molecule has 174 valence electrons. The fourth-order valence-electron chi connectivity index (χ4n) is 3.35. The Bertz CT molecular complexity index is 1350. The zero-order valence-corrected chi connectivity index (χ0v) is 20.6. The van der Waals surface area contributed by atoms with Crippen LogP contribution in [-0.2, 0) is 0 Å². The van der Waals surface area contributed by atoms with E-state index in [4.69, 9.17) is 0 Å². The van der Waals surface area contributed by atoms with Crippen molar-refractivity contribution in [3.05, 3.63) is 164 Å². The highest BCUT2D eigenvalue weighted by Gasteiger charge is 1.94. The van der Waals surface area contributed by atoms with E-state index in [0.717, 1.165) is 0 Å². The SMILES string of the molecule is C=CC.C=Cc1ccc2ccccc2c1.C=Cc1cccc2ccccc12.C=Cc1ccccc1. The van der Waals surface area contributed by atoms with Crippen LogP contribution in [0.4, 0.5) is 0 Å². The molecular weight excluding hydrogens is 420 g/mol. The lowest BCUT2D eigenvalue weighted by Gasteiger charge is -1.99. The van der Waals surface area contributed by atoms with E-state index < -0.39 is 0 Å². The highest BCUT2D eigenvalue weighted by atomic mass is 14.0. The molecule has 0 amide bonds. The summed E-state index contributed by atoms with van der Waals surface area (Å²) in [6, 6.07) is 39.3. The first-order valence-electron chi connectivity index (χ1n) is 11.6. The van der Waals surface area contributed by atoms with Gasteiger partial charge in [0.2, 0.25) is 0 Å². The molecule has 0 heterocycles. The second-order valence-electron chi connectivity index (χ2n) is 7.61. The second kappa shape index (κ2) is 15.4. The largest absolute Gasteiger partial charge is 0.103 e. The number of benzene rings is 5. The van der Waals surface area contributed by atoms with Gasteiger partial charge in [0.25, 0.3) is 0 Å². The maximum Gasteiger partial charge on any atom is -0.0112 e. The van der Waals surface area contributed by atoms with Gasteiger partial charge >= 0.3 is 0 Å². The lowest BCUT2D eigenvalue weighted by molar-refractivity contribution is 1.67. The van der Waals surface area contributed by atoms with Crippen LogP contribution >= 0.6 is 0 Å². The van der Waals surface area contributed by atoms with E-state index in [1.807, 2.05) is 55.5 Å². The predicted molar refractivity (Wildman–Crippen MR) is 160 cm³/mol. The van der Waals surface area contributed by atoms with Gasteiger partial charge in [0.05, 0.1) is 0 Å². The molecule has 35 heavy (non-hydrogen) atoms. The Morgan fingerprint density at radius 2 is 1.00 bits per heavy atom. The van der Waals surface area contributed by atoms with Crippen LogP contribution in [0.2, 0.25) is 0 Å². The summed E-state index contributed by atoms with van der Waals surface area (Å²) in [6.07, 6.45) is 7.34. The van der Waals surface area contributed by atoms with E-state index >= 15 is 0 Å². The molecular formula is C35H34. The zero-order chi connectivity index (χ0) is 25.3. The summed E-state index contributed by atoms with van der Waals surface area (Å²) in [5.74, 6) is 0. The predicted octanol–water partition coefficient (Wildman–Crippen LogP) is 10.5. The summed E-state index contributed by atoms with van der Waals surface area (Å²) in [7, 11) is 0. The molecule has 0 atom stereocenters. The molecule has 0 nitrogen and oxygen atoms in total. The van der Waals surface area contributed by atoms with Gasteiger partial charge in [-0.05, 0) is 51.2 Å². The minimum atomic E-state index is 1.17. The van der Waals surface area contributed by atoms with Crippen LogP contribution in [0.5, 0.6) is 0 Å². The monoisotopic (exact) mass is 454 g/mol. The van der Waals surface area contributed by atoms with Gasteiger partial charge in [-0.15, -0.1) is 6.58 Å². The Balaban J connectivity index is 0.000000179. The van der Waals surface area contributed by atoms with E-state index in [0.29, 0.717) is 0 Å². The summed E-state index contributed by atoms with van der Waals surface area (Å²) in [4.78, 5) is 0. The van der Waals surface area contributed by atoms with Crippen LogP contribution in [0.3, 0.4) is 0 Å². The molecule has 5 rings (SSSR count). The van der Waals surface area contributed by atoms with Gasteiger partial charge in [0.15, 0.2) is 0 Å². The quantitative estimate of drug-likeness (QED) is 0.238. The van der Waals surface area contributed by atoms with Gasteiger partial charge in [-0.3, -0.25) is 0 Å². The van der Waals surface area contributed by atoms with Crippen molar-refractivity contribution >= 4 is 39.8 Å². The van der Waals surface area contributed by atoms with E-state index in [1.165, 1.54) is 38.2 Å². The average Bonchev–Trinajstić information content (AvgIpc) is 2.94. The highest BCUT2D eigenvalue weighted by molar-refractivity contribution is 5.90. The van der Waals surface area contributed by atoms with Crippen molar-refractivity contribution in [1.82, 2.24) is 0 Å². The average molecular weight is 455 g/mol. The van der Waals surface area contributed by atoms with Crippen molar-refractivity contribution in [2.24, 2.45) is 0 Å². The minimum absolute atomic E-state index is 1.17. The van der Waals surface area contributed by atoms with E-state index in [9.17, 15) is 0 Å². The molecule has 0 bridgehead atoms. The zero-order valence-electron chi connectivity index (χ0n) is 20.6. The third-order valence-electron chi connectivity index (χ3n) is 5.09. The molecule has 0 radical (unpaired) electrons. The highest BCUT2D eigenvalue weighted by Crippen LogP contribution is 2.18. The van der Waals surface area contributed by atoms with Crippen molar-refractivity contribution in [2.75, 3.05) is 0 Å².